The molecule has 0 saturated carbocycles. The van der Waals surface area contributed by atoms with Gasteiger partial charge < -0.3 is 14.2 Å². The first kappa shape index (κ1) is 59.1. The lowest BCUT2D eigenvalue weighted by atomic mass is 10.1. The maximum absolute atomic E-state index is 12.8. The summed E-state index contributed by atoms with van der Waals surface area (Å²) in [5, 5.41) is 0. The Balaban J connectivity index is 4.46. The van der Waals surface area contributed by atoms with Crippen LogP contribution in [-0.4, -0.2) is 37.2 Å². The summed E-state index contributed by atoms with van der Waals surface area (Å²) in [6.07, 6.45) is 67.9. The fourth-order valence-electron chi connectivity index (χ4n) is 6.63. The molecule has 0 N–H and O–H groups in total. The summed E-state index contributed by atoms with van der Waals surface area (Å²) in [5.74, 6) is -1.00. The quantitative estimate of drug-likeness (QED) is 0.0199. The highest BCUT2D eigenvalue weighted by atomic mass is 16.6. The maximum atomic E-state index is 12.8. The molecule has 0 heterocycles. The Bertz CT molecular complexity index is 1330. The van der Waals surface area contributed by atoms with E-state index in [-0.39, 0.29) is 37.5 Å². The topological polar surface area (TPSA) is 78.9 Å². The molecule has 0 fully saturated rings. The Morgan fingerprint density at radius 2 is 0.635 bits per heavy atom. The van der Waals surface area contributed by atoms with E-state index in [0.29, 0.717) is 19.3 Å². The number of hydrogen-bond acceptors (Lipinski definition) is 6. The summed E-state index contributed by atoms with van der Waals surface area (Å²) in [6, 6.07) is 0. The standard InChI is InChI=1S/C57H92O6/c1-4-7-10-13-16-19-22-25-26-27-28-29-30-33-35-38-41-44-47-50-56(59)62-53-54(63-57(60)51-48-45-42-39-36-32-24-21-18-15-12-9-6-3)52-61-55(58)49-46-43-40-37-34-31-23-20-17-14-11-8-5-2/h8-9,11-12,14-15,17-18,20-21,23-24,27-28,31-32,34,36,54H,4-7,10,13,16,19,22,25-26,29-30,33,35,37-53H2,1-3H3/b11-8-,12-9-,17-14-,18-15-,23-20-,24-21-,28-27-,34-31-,36-32-. The van der Waals surface area contributed by atoms with Crippen molar-refractivity contribution < 1.29 is 28.6 Å². The van der Waals surface area contributed by atoms with Crippen molar-refractivity contribution in [1.29, 1.82) is 0 Å². The van der Waals surface area contributed by atoms with E-state index in [0.717, 1.165) is 77.0 Å². The second kappa shape index (κ2) is 50.7. The zero-order chi connectivity index (χ0) is 45.8. The molecule has 0 amide bonds. The minimum absolute atomic E-state index is 0.111. The molecule has 1 atom stereocenters. The number of ether oxygens (including phenoxy) is 3. The first-order chi connectivity index (χ1) is 31.0. The van der Waals surface area contributed by atoms with Crippen LogP contribution in [0.2, 0.25) is 0 Å². The van der Waals surface area contributed by atoms with E-state index >= 15 is 0 Å². The van der Waals surface area contributed by atoms with Crippen LogP contribution in [0.5, 0.6) is 0 Å². The van der Waals surface area contributed by atoms with Gasteiger partial charge in [-0.05, 0) is 83.5 Å². The van der Waals surface area contributed by atoms with Crippen LogP contribution in [0.25, 0.3) is 0 Å². The van der Waals surface area contributed by atoms with Crippen molar-refractivity contribution >= 4 is 17.9 Å². The Morgan fingerprint density at radius 1 is 0.333 bits per heavy atom. The Labute approximate surface area is 387 Å². The fourth-order valence-corrected chi connectivity index (χ4v) is 6.63. The van der Waals surface area contributed by atoms with Gasteiger partial charge in [-0.3, -0.25) is 14.4 Å². The lowest BCUT2D eigenvalue weighted by molar-refractivity contribution is -0.167. The van der Waals surface area contributed by atoms with Gasteiger partial charge in [-0.1, -0.05) is 220 Å². The molecule has 0 saturated heterocycles. The van der Waals surface area contributed by atoms with Crippen LogP contribution in [-0.2, 0) is 28.6 Å². The number of rotatable bonds is 44. The highest BCUT2D eigenvalue weighted by Crippen LogP contribution is 2.14. The third-order valence-corrected chi connectivity index (χ3v) is 10.4. The van der Waals surface area contributed by atoms with Crippen molar-refractivity contribution in [3.63, 3.8) is 0 Å². The molecule has 0 aliphatic heterocycles. The first-order valence-corrected chi connectivity index (χ1v) is 25.5. The maximum Gasteiger partial charge on any atom is 0.306 e. The molecule has 0 aliphatic carbocycles. The van der Waals surface area contributed by atoms with Gasteiger partial charge in [-0.2, -0.15) is 0 Å². The second-order valence-electron chi connectivity index (χ2n) is 16.5. The first-order valence-electron chi connectivity index (χ1n) is 25.5. The second-order valence-corrected chi connectivity index (χ2v) is 16.5. The predicted molar refractivity (Wildman–Crippen MR) is 270 cm³/mol. The normalized spacial score (nSPS) is 13.0. The van der Waals surface area contributed by atoms with Crippen LogP contribution in [0, 0.1) is 0 Å². The van der Waals surface area contributed by atoms with Gasteiger partial charge in [0.1, 0.15) is 13.2 Å². The van der Waals surface area contributed by atoms with Gasteiger partial charge in [0.15, 0.2) is 6.10 Å². The fraction of sp³-hybridized carbons (Fsp3) is 0.632. The van der Waals surface area contributed by atoms with E-state index in [4.69, 9.17) is 14.2 Å². The highest BCUT2D eigenvalue weighted by molar-refractivity contribution is 5.71. The van der Waals surface area contributed by atoms with E-state index in [1.54, 1.807) is 0 Å². The minimum Gasteiger partial charge on any atom is -0.462 e. The van der Waals surface area contributed by atoms with E-state index in [2.05, 4.69) is 57.2 Å². The van der Waals surface area contributed by atoms with Gasteiger partial charge in [-0.15, -0.1) is 0 Å². The van der Waals surface area contributed by atoms with Crippen molar-refractivity contribution in [1.82, 2.24) is 0 Å². The van der Waals surface area contributed by atoms with E-state index in [1.165, 1.54) is 89.9 Å². The van der Waals surface area contributed by atoms with Crippen LogP contribution < -0.4 is 0 Å². The molecular formula is C57H92O6. The Morgan fingerprint density at radius 3 is 1.03 bits per heavy atom. The number of unbranched alkanes of at least 4 members (excludes halogenated alkanes) is 21. The molecule has 0 aromatic heterocycles. The lowest BCUT2D eigenvalue weighted by Crippen LogP contribution is -2.30. The molecule has 0 bridgehead atoms. The van der Waals surface area contributed by atoms with Crippen molar-refractivity contribution in [2.75, 3.05) is 13.2 Å². The summed E-state index contributed by atoms with van der Waals surface area (Å²) >= 11 is 0. The van der Waals surface area contributed by atoms with Crippen molar-refractivity contribution in [3.8, 4) is 0 Å². The largest absolute Gasteiger partial charge is 0.462 e. The van der Waals surface area contributed by atoms with Gasteiger partial charge in [0.25, 0.3) is 0 Å². The molecule has 1 unspecified atom stereocenters. The summed E-state index contributed by atoms with van der Waals surface area (Å²) in [5.41, 5.74) is 0. The molecule has 6 nitrogen and oxygen atoms in total. The van der Waals surface area contributed by atoms with E-state index < -0.39 is 6.10 Å². The summed E-state index contributed by atoms with van der Waals surface area (Å²) < 4.78 is 16.7. The average molecular weight is 873 g/mol. The van der Waals surface area contributed by atoms with Gasteiger partial charge in [0.2, 0.25) is 0 Å². The monoisotopic (exact) mass is 873 g/mol. The lowest BCUT2D eigenvalue weighted by Gasteiger charge is -2.18. The number of carbonyl (C=O) groups excluding carboxylic acids is 3. The zero-order valence-corrected chi connectivity index (χ0v) is 40.5. The third-order valence-electron chi connectivity index (χ3n) is 10.4. The van der Waals surface area contributed by atoms with Gasteiger partial charge in [0.05, 0.1) is 0 Å². The summed E-state index contributed by atoms with van der Waals surface area (Å²) in [4.78, 5) is 37.9. The summed E-state index contributed by atoms with van der Waals surface area (Å²) in [7, 11) is 0. The predicted octanol–water partition coefficient (Wildman–Crippen LogP) is 16.8. The molecule has 63 heavy (non-hydrogen) atoms. The van der Waals surface area contributed by atoms with Crippen molar-refractivity contribution in [3.05, 3.63) is 109 Å². The molecule has 0 aromatic carbocycles. The van der Waals surface area contributed by atoms with Crippen LogP contribution in [0.15, 0.2) is 109 Å². The minimum atomic E-state index is -0.817. The van der Waals surface area contributed by atoms with Crippen LogP contribution in [0.3, 0.4) is 0 Å². The number of allylic oxidation sites excluding steroid dienone is 18. The molecular weight excluding hydrogens is 781 g/mol. The average Bonchev–Trinajstić information content (AvgIpc) is 3.28. The molecule has 0 aromatic rings. The van der Waals surface area contributed by atoms with Crippen LogP contribution in [0.1, 0.15) is 213 Å². The van der Waals surface area contributed by atoms with Gasteiger partial charge in [-0.25, -0.2) is 0 Å². The SMILES string of the molecule is CC\C=C/C=C\C=C/C=C\CCCCCC(=O)OCC(COC(=O)CCCCCCCCC/C=C\CCCCCCCCCC)OC(=O)CCCCC\C=C/C=C\C=C/C=C\CC. The van der Waals surface area contributed by atoms with E-state index in [1.807, 2.05) is 72.9 Å². The van der Waals surface area contributed by atoms with Crippen LogP contribution in [0.4, 0.5) is 0 Å². The molecule has 0 rings (SSSR count). The number of esters is 3. The molecule has 6 heteroatoms. The zero-order valence-electron chi connectivity index (χ0n) is 40.5. The van der Waals surface area contributed by atoms with E-state index in [9.17, 15) is 14.4 Å². The molecule has 0 aliphatic rings. The molecule has 356 valence electrons. The highest BCUT2D eigenvalue weighted by Gasteiger charge is 2.19. The smallest absolute Gasteiger partial charge is 0.306 e. The summed E-state index contributed by atoms with van der Waals surface area (Å²) in [6.45, 7) is 6.27. The van der Waals surface area contributed by atoms with Crippen molar-refractivity contribution in [2.24, 2.45) is 0 Å². The number of hydrogen-bond donors (Lipinski definition) is 0. The number of carbonyl (C=O) groups is 3. The molecule has 0 radical (unpaired) electrons. The molecule has 0 spiro atoms. The Hall–Kier alpha value is -3.93. The van der Waals surface area contributed by atoms with Gasteiger partial charge in [0, 0.05) is 19.3 Å². The Kier molecular flexibility index (Phi) is 47.5. The van der Waals surface area contributed by atoms with Gasteiger partial charge >= 0.3 is 17.9 Å². The third kappa shape index (κ3) is 49.0. The van der Waals surface area contributed by atoms with Crippen LogP contribution >= 0.6 is 0 Å². The van der Waals surface area contributed by atoms with Crippen molar-refractivity contribution in [2.45, 2.75) is 219 Å².